The van der Waals surface area contributed by atoms with Crippen molar-refractivity contribution in [3.8, 4) is 17.2 Å². The van der Waals surface area contributed by atoms with Gasteiger partial charge in [0.2, 0.25) is 11.7 Å². The molecule has 8 nitrogen and oxygen atoms in total. The minimum atomic E-state index is -0.451. The van der Waals surface area contributed by atoms with Crippen LogP contribution in [0.25, 0.3) is 6.08 Å². The molecule has 0 aromatic heterocycles. The van der Waals surface area contributed by atoms with Gasteiger partial charge in [0.05, 0.1) is 18.1 Å². The van der Waals surface area contributed by atoms with E-state index in [-0.39, 0.29) is 17.6 Å². The number of carbonyl (C=O) groups is 1. The molecular weight excluding hydrogens is 376 g/mol. The first-order valence-corrected chi connectivity index (χ1v) is 9.07. The molecule has 0 bridgehead atoms. The zero-order chi connectivity index (χ0) is 21.0. The highest BCUT2D eigenvalue weighted by Gasteiger charge is 2.19. The zero-order valence-electron chi connectivity index (χ0n) is 16.5. The molecule has 0 N–H and O–H groups in total. The van der Waals surface area contributed by atoms with Gasteiger partial charge in [0, 0.05) is 25.3 Å². The largest absolute Gasteiger partial charge is 0.493 e. The number of benzene rings is 2. The predicted octanol–water partition coefficient (Wildman–Crippen LogP) is 3.61. The number of amides is 1. The predicted molar refractivity (Wildman–Crippen MR) is 107 cm³/mol. The molecule has 0 spiro atoms. The highest BCUT2D eigenvalue weighted by molar-refractivity contribution is 5.92. The molecule has 1 aliphatic heterocycles. The summed E-state index contributed by atoms with van der Waals surface area (Å²) in [5.74, 6) is 1.42. The van der Waals surface area contributed by atoms with E-state index in [1.807, 2.05) is 6.92 Å². The molecule has 0 saturated heterocycles. The van der Waals surface area contributed by atoms with Gasteiger partial charge in [0.15, 0.2) is 11.5 Å². The maximum atomic E-state index is 12.6. The van der Waals surface area contributed by atoms with E-state index >= 15 is 0 Å². The van der Waals surface area contributed by atoms with Crippen molar-refractivity contribution < 1.29 is 23.9 Å². The van der Waals surface area contributed by atoms with Gasteiger partial charge in [-0.25, -0.2) is 0 Å². The molecule has 1 aliphatic rings. The number of hydrogen-bond acceptors (Lipinski definition) is 6. The maximum Gasteiger partial charge on any atom is 0.269 e. The molecule has 1 amide bonds. The first kappa shape index (κ1) is 20.2. The standard InChI is InChI=1S/C21H22N2O6/c1-14(16-5-4-6-17(13-16)23(25)26)22(2)20(24)8-7-15-11-18(27-3)21-19(12-15)28-9-10-29-21/h4-8,11-14H,9-10H2,1-3H3/b8-7+/t14-/m0/s1. The Morgan fingerprint density at radius 1 is 1.28 bits per heavy atom. The van der Waals surface area contributed by atoms with Crippen LogP contribution in [0.4, 0.5) is 5.69 Å². The summed E-state index contributed by atoms with van der Waals surface area (Å²) in [7, 11) is 3.20. The van der Waals surface area contributed by atoms with Gasteiger partial charge in [-0.3, -0.25) is 14.9 Å². The van der Waals surface area contributed by atoms with E-state index in [9.17, 15) is 14.9 Å². The average molecular weight is 398 g/mol. The second kappa shape index (κ2) is 8.64. The van der Waals surface area contributed by atoms with Gasteiger partial charge < -0.3 is 19.1 Å². The number of ether oxygens (including phenoxy) is 3. The highest BCUT2D eigenvalue weighted by Crippen LogP contribution is 2.40. The molecule has 1 atom stereocenters. The third-order valence-electron chi connectivity index (χ3n) is 4.76. The van der Waals surface area contributed by atoms with Gasteiger partial charge in [0.1, 0.15) is 13.2 Å². The van der Waals surface area contributed by atoms with Gasteiger partial charge in [-0.1, -0.05) is 12.1 Å². The molecular formula is C21H22N2O6. The number of non-ortho nitro benzene ring substituents is 1. The monoisotopic (exact) mass is 398 g/mol. The number of rotatable bonds is 6. The maximum absolute atomic E-state index is 12.6. The third-order valence-corrected chi connectivity index (χ3v) is 4.76. The Labute approximate surface area is 168 Å². The van der Waals surface area contributed by atoms with Gasteiger partial charge >= 0.3 is 0 Å². The SMILES string of the molecule is COc1cc(/C=C/C(=O)N(C)[C@@H](C)c2cccc([N+](=O)[O-])c2)cc2c1OCCO2. The van der Waals surface area contributed by atoms with Crippen molar-refractivity contribution in [2.75, 3.05) is 27.4 Å². The Morgan fingerprint density at radius 3 is 2.76 bits per heavy atom. The number of hydrogen-bond donors (Lipinski definition) is 0. The van der Waals surface area contributed by atoms with Crippen molar-refractivity contribution in [1.29, 1.82) is 0 Å². The van der Waals surface area contributed by atoms with Crippen molar-refractivity contribution in [3.05, 3.63) is 63.7 Å². The fraction of sp³-hybridized carbons (Fsp3) is 0.286. The lowest BCUT2D eigenvalue weighted by atomic mass is 10.1. The van der Waals surface area contributed by atoms with Crippen LogP contribution in [-0.2, 0) is 4.79 Å². The molecule has 1 heterocycles. The third kappa shape index (κ3) is 4.48. The Balaban J connectivity index is 1.76. The van der Waals surface area contributed by atoms with Crippen LogP contribution in [0.15, 0.2) is 42.5 Å². The van der Waals surface area contributed by atoms with Crippen LogP contribution in [0.3, 0.4) is 0 Å². The van der Waals surface area contributed by atoms with E-state index in [0.29, 0.717) is 36.0 Å². The molecule has 0 aliphatic carbocycles. The number of nitro benzene ring substituents is 1. The Kier molecular flexibility index (Phi) is 6.01. The molecule has 3 rings (SSSR count). The van der Waals surface area contributed by atoms with E-state index < -0.39 is 4.92 Å². The van der Waals surface area contributed by atoms with Crippen LogP contribution in [-0.4, -0.2) is 43.1 Å². The topological polar surface area (TPSA) is 91.1 Å². The van der Waals surface area contributed by atoms with Crippen molar-refractivity contribution in [1.82, 2.24) is 4.90 Å². The molecule has 0 radical (unpaired) electrons. The van der Waals surface area contributed by atoms with Crippen LogP contribution < -0.4 is 14.2 Å². The summed E-state index contributed by atoms with van der Waals surface area (Å²) in [6, 6.07) is 9.49. The van der Waals surface area contributed by atoms with Gasteiger partial charge in [-0.15, -0.1) is 0 Å². The van der Waals surface area contributed by atoms with Crippen molar-refractivity contribution in [2.45, 2.75) is 13.0 Å². The number of carbonyl (C=O) groups excluding carboxylic acids is 1. The molecule has 29 heavy (non-hydrogen) atoms. The van der Waals surface area contributed by atoms with Crippen LogP contribution >= 0.6 is 0 Å². The summed E-state index contributed by atoms with van der Waals surface area (Å²) in [4.78, 5) is 24.7. The molecule has 0 saturated carbocycles. The first-order chi connectivity index (χ1) is 13.9. The Morgan fingerprint density at radius 2 is 2.03 bits per heavy atom. The highest BCUT2D eigenvalue weighted by atomic mass is 16.6. The Hall–Kier alpha value is -3.55. The average Bonchev–Trinajstić information content (AvgIpc) is 2.75. The van der Waals surface area contributed by atoms with E-state index in [2.05, 4.69) is 0 Å². The summed E-state index contributed by atoms with van der Waals surface area (Å²) in [5.41, 5.74) is 1.41. The smallest absolute Gasteiger partial charge is 0.269 e. The van der Waals surface area contributed by atoms with E-state index in [1.165, 1.54) is 23.1 Å². The molecule has 8 heteroatoms. The van der Waals surface area contributed by atoms with Crippen molar-refractivity contribution >= 4 is 17.7 Å². The first-order valence-electron chi connectivity index (χ1n) is 9.07. The second-order valence-corrected chi connectivity index (χ2v) is 6.56. The fourth-order valence-electron chi connectivity index (χ4n) is 2.99. The summed E-state index contributed by atoms with van der Waals surface area (Å²) in [5, 5.41) is 11.0. The number of nitro groups is 1. The summed E-state index contributed by atoms with van der Waals surface area (Å²) < 4.78 is 16.5. The summed E-state index contributed by atoms with van der Waals surface area (Å²) in [6.07, 6.45) is 3.11. The van der Waals surface area contributed by atoms with Crippen molar-refractivity contribution in [2.24, 2.45) is 0 Å². The number of nitrogens with zero attached hydrogens (tertiary/aromatic N) is 2. The fourth-order valence-corrected chi connectivity index (χ4v) is 2.99. The van der Waals surface area contributed by atoms with E-state index in [0.717, 1.165) is 5.56 Å². The molecule has 2 aromatic carbocycles. The number of methoxy groups -OCH3 is 1. The minimum Gasteiger partial charge on any atom is -0.493 e. The lowest BCUT2D eigenvalue weighted by Gasteiger charge is -2.24. The molecule has 152 valence electrons. The molecule has 0 fully saturated rings. The summed E-state index contributed by atoms with van der Waals surface area (Å²) in [6.45, 7) is 2.72. The second-order valence-electron chi connectivity index (χ2n) is 6.56. The summed E-state index contributed by atoms with van der Waals surface area (Å²) >= 11 is 0. The Bertz CT molecular complexity index is 939. The minimum absolute atomic E-state index is 0.00545. The molecule has 2 aromatic rings. The molecule has 0 unspecified atom stereocenters. The van der Waals surface area contributed by atoms with E-state index in [4.69, 9.17) is 14.2 Å². The normalized spacial score (nSPS) is 13.8. The van der Waals surface area contributed by atoms with Gasteiger partial charge in [-0.05, 0) is 36.3 Å². The van der Waals surface area contributed by atoms with E-state index in [1.54, 1.807) is 44.5 Å². The number of fused-ring (bicyclic) bond motifs is 1. The van der Waals surface area contributed by atoms with Crippen LogP contribution in [0.1, 0.15) is 24.1 Å². The van der Waals surface area contributed by atoms with Gasteiger partial charge in [0.25, 0.3) is 5.69 Å². The number of likely N-dealkylation sites (N-methyl/N-ethyl adjacent to an activating group) is 1. The quantitative estimate of drug-likeness (QED) is 0.419. The van der Waals surface area contributed by atoms with Gasteiger partial charge in [-0.2, -0.15) is 0 Å². The van der Waals surface area contributed by atoms with Crippen molar-refractivity contribution in [3.63, 3.8) is 0 Å². The zero-order valence-corrected chi connectivity index (χ0v) is 16.5. The lowest BCUT2D eigenvalue weighted by Crippen LogP contribution is -2.28. The lowest BCUT2D eigenvalue weighted by molar-refractivity contribution is -0.384. The van der Waals surface area contributed by atoms with Crippen LogP contribution in [0.2, 0.25) is 0 Å². The van der Waals surface area contributed by atoms with Crippen LogP contribution in [0.5, 0.6) is 17.2 Å². The van der Waals surface area contributed by atoms with Crippen LogP contribution in [0, 0.1) is 10.1 Å².